The molecule has 0 aliphatic rings. The molecule has 23 heavy (non-hydrogen) atoms. The first-order valence-electron chi connectivity index (χ1n) is 7.32. The summed E-state index contributed by atoms with van der Waals surface area (Å²) in [5.74, 6) is 0. The number of benzene rings is 1. The van der Waals surface area contributed by atoms with Gasteiger partial charge in [0.05, 0.1) is 15.2 Å². The maximum Gasteiger partial charge on any atom is 0.281 e. The minimum atomic E-state index is -0.146. The lowest BCUT2D eigenvalue weighted by Crippen LogP contribution is -2.22. The van der Waals surface area contributed by atoms with Crippen LogP contribution in [-0.4, -0.2) is 24.5 Å². The van der Waals surface area contributed by atoms with Crippen LogP contribution in [0.2, 0.25) is 0 Å². The van der Waals surface area contributed by atoms with Crippen molar-refractivity contribution in [3.63, 3.8) is 0 Å². The Balaban J connectivity index is 1.51. The third kappa shape index (κ3) is 2.70. The molecule has 4 aromatic rings. The number of para-hydroxylation sites is 1. The van der Waals surface area contributed by atoms with Crippen molar-refractivity contribution in [3.05, 3.63) is 58.3 Å². The molecule has 0 aliphatic carbocycles. The smallest absolute Gasteiger partial charge is 0.281 e. The van der Waals surface area contributed by atoms with E-state index in [2.05, 4.69) is 26.0 Å². The van der Waals surface area contributed by atoms with E-state index in [1.165, 1.54) is 23.4 Å². The fourth-order valence-corrected chi connectivity index (χ4v) is 3.48. The van der Waals surface area contributed by atoms with Gasteiger partial charge in [0.2, 0.25) is 0 Å². The predicted molar refractivity (Wildman–Crippen MR) is 89.5 cm³/mol. The average molecular weight is 323 g/mol. The minimum absolute atomic E-state index is 0.146. The molecule has 0 bridgehead atoms. The Morgan fingerprint density at radius 3 is 2.87 bits per heavy atom. The topological polar surface area (TPSA) is 73.6 Å². The second kappa shape index (κ2) is 5.85. The van der Waals surface area contributed by atoms with Crippen LogP contribution in [0.3, 0.4) is 0 Å². The summed E-state index contributed by atoms with van der Waals surface area (Å²) in [6.07, 6.45) is 6.25. The van der Waals surface area contributed by atoms with Gasteiger partial charge in [-0.2, -0.15) is 0 Å². The molecule has 3 heterocycles. The lowest BCUT2D eigenvalue weighted by molar-refractivity contribution is 0.615. The van der Waals surface area contributed by atoms with Crippen LogP contribution in [0.5, 0.6) is 0 Å². The fraction of sp³-hybridized carbons (Fsp3) is 0.188. The van der Waals surface area contributed by atoms with Crippen molar-refractivity contribution < 1.29 is 0 Å². The number of aryl methyl sites for hydroxylation is 2. The lowest BCUT2D eigenvalue weighted by atomic mass is 10.3. The SMILES string of the molecule is O=c1c2nccnc2ncn1CCCc1nc2ccccc2s1. The molecule has 0 saturated heterocycles. The molecule has 0 fully saturated rings. The van der Waals surface area contributed by atoms with Crippen molar-refractivity contribution in [2.75, 3.05) is 0 Å². The maximum absolute atomic E-state index is 12.3. The first-order valence-corrected chi connectivity index (χ1v) is 8.13. The van der Waals surface area contributed by atoms with Gasteiger partial charge in [0, 0.05) is 25.4 Å². The third-order valence-corrected chi connectivity index (χ3v) is 4.69. The van der Waals surface area contributed by atoms with Crippen LogP contribution in [-0.2, 0) is 13.0 Å². The largest absolute Gasteiger partial charge is 0.297 e. The normalized spacial score (nSPS) is 11.3. The van der Waals surface area contributed by atoms with E-state index in [-0.39, 0.29) is 5.56 Å². The van der Waals surface area contributed by atoms with Gasteiger partial charge in [-0.15, -0.1) is 11.3 Å². The van der Waals surface area contributed by atoms with E-state index in [0.29, 0.717) is 17.7 Å². The monoisotopic (exact) mass is 323 g/mol. The molecule has 0 unspecified atom stereocenters. The van der Waals surface area contributed by atoms with Crippen LogP contribution in [0, 0.1) is 0 Å². The second-order valence-electron chi connectivity index (χ2n) is 5.15. The van der Waals surface area contributed by atoms with Gasteiger partial charge in [-0.3, -0.25) is 9.36 Å². The van der Waals surface area contributed by atoms with Crippen LogP contribution in [0.1, 0.15) is 11.4 Å². The molecule has 0 radical (unpaired) electrons. The molecule has 0 amide bonds. The first-order chi connectivity index (χ1) is 11.3. The van der Waals surface area contributed by atoms with Crippen LogP contribution in [0.4, 0.5) is 0 Å². The zero-order valence-corrected chi connectivity index (χ0v) is 13.0. The van der Waals surface area contributed by atoms with Gasteiger partial charge in [-0.05, 0) is 18.6 Å². The zero-order valence-electron chi connectivity index (χ0n) is 12.2. The summed E-state index contributed by atoms with van der Waals surface area (Å²) in [5, 5.41) is 1.09. The van der Waals surface area contributed by atoms with Crippen LogP contribution < -0.4 is 5.56 Å². The molecule has 0 atom stereocenters. The van der Waals surface area contributed by atoms with E-state index in [4.69, 9.17) is 0 Å². The Morgan fingerprint density at radius 2 is 1.96 bits per heavy atom. The standard InChI is InChI=1S/C16H13N5OS/c22-16-14-15(18-8-7-17-14)19-10-21(16)9-3-6-13-20-11-4-1-2-5-12(11)23-13/h1-2,4-5,7-8,10H,3,6,9H2. The van der Waals surface area contributed by atoms with E-state index in [1.807, 2.05) is 18.2 Å². The Morgan fingerprint density at radius 1 is 1.09 bits per heavy atom. The predicted octanol–water partition coefficient (Wildman–Crippen LogP) is 2.43. The summed E-state index contributed by atoms with van der Waals surface area (Å²) in [7, 11) is 0. The second-order valence-corrected chi connectivity index (χ2v) is 6.27. The molecule has 6 nitrogen and oxygen atoms in total. The number of rotatable bonds is 4. The van der Waals surface area contributed by atoms with Gasteiger partial charge >= 0.3 is 0 Å². The molecule has 3 aromatic heterocycles. The number of hydrogen-bond donors (Lipinski definition) is 0. The quantitative estimate of drug-likeness (QED) is 0.577. The summed E-state index contributed by atoms with van der Waals surface area (Å²) < 4.78 is 2.78. The van der Waals surface area contributed by atoms with Crippen molar-refractivity contribution in [2.45, 2.75) is 19.4 Å². The molecular weight excluding hydrogens is 310 g/mol. The molecule has 114 valence electrons. The van der Waals surface area contributed by atoms with Crippen molar-refractivity contribution in [3.8, 4) is 0 Å². The van der Waals surface area contributed by atoms with E-state index >= 15 is 0 Å². The van der Waals surface area contributed by atoms with E-state index in [9.17, 15) is 4.79 Å². The highest BCUT2D eigenvalue weighted by Crippen LogP contribution is 2.22. The number of aromatic nitrogens is 5. The Labute approximate surface area is 135 Å². The molecule has 4 rings (SSSR count). The van der Waals surface area contributed by atoms with Crippen LogP contribution in [0.15, 0.2) is 47.8 Å². The molecular formula is C16H13N5OS. The zero-order chi connectivity index (χ0) is 15.6. The van der Waals surface area contributed by atoms with Gasteiger partial charge < -0.3 is 0 Å². The van der Waals surface area contributed by atoms with Gasteiger partial charge in [-0.1, -0.05) is 12.1 Å². The minimum Gasteiger partial charge on any atom is -0.297 e. The van der Waals surface area contributed by atoms with E-state index < -0.39 is 0 Å². The number of hydrogen-bond acceptors (Lipinski definition) is 6. The van der Waals surface area contributed by atoms with Gasteiger partial charge in [0.15, 0.2) is 11.2 Å². The average Bonchev–Trinajstić information content (AvgIpc) is 3.00. The molecule has 0 aliphatic heterocycles. The highest BCUT2D eigenvalue weighted by atomic mass is 32.1. The molecule has 0 saturated carbocycles. The van der Waals surface area contributed by atoms with Gasteiger partial charge in [0.1, 0.15) is 6.33 Å². The summed E-state index contributed by atoms with van der Waals surface area (Å²) in [5.41, 5.74) is 1.59. The Kier molecular flexibility index (Phi) is 3.55. The molecule has 7 heteroatoms. The Hall–Kier alpha value is -2.67. The summed E-state index contributed by atoms with van der Waals surface area (Å²) >= 11 is 1.70. The number of nitrogens with zero attached hydrogens (tertiary/aromatic N) is 5. The molecule has 0 N–H and O–H groups in total. The highest BCUT2D eigenvalue weighted by Gasteiger charge is 2.07. The Bertz CT molecular complexity index is 1010. The van der Waals surface area contributed by atoms with Crippen molar-refractivity contribution in [1.29, 1.82) is 0 Å². The van der Waals surface area contributed by atoms with Crippen LogP contribution >= 0.6 is 11.3 Å². The highest BCUT2D eigenvalue weighted by molar-refractivity contribution is 7.18. The van der Waals surface area contributed by atoms with E-state index in [1.54, 1.807) is 15.9 Å². The molecule has 0 spiro atoms. The van der Waals surface area contributed by atoms with E-state index in [0.717, 1.165) is 23.4 Å². The van der Waals surface area contributed by atoms with Gasteiger partial charge in [-0.25, -0.2) is 19.9 Å². The van der Waals surface area contributed by atoms with Crippen molar-refractivity contribution in [1.82, 2.24) is 24.5 Å². The first kappa shape index (κ1) is 14.0. The maximum atomic E-state index is 12.3. The number of fused-ring (bicyclic) bond motifs is 2. The van der Waals surface area contributed by atoms with Crippen LogP contribution in [0.25, 0.3) is 21.4 Å². The summed E-state index contributed by atoms with van der Waals surface area (Å²) in [4.78, 5) is 29.2. The van der Waals surface area contributed by atoms with Crippen molar-refractivity contribution >= 4 is 32.7 Å². The fourth-order valence-electron chi connectivity index (χ4n) is 2.48. The number of thiazole rings is 1. The summed E-state index contributed by atoms with van der Waals surface area (Å²) in [6.45, 7) is 0.592. The lowest BCUT2D eigenvalue weighted by Gasteiger charge is -2.04. The van der Waals surface area contributed by atoms with Crippen molar-refractivity contribution in [2.24, 2.45) is 0 Å². The molecule has 1 aromatic carbocycles. The summed E-state index contributed by atoms with van der Waals surface area (Å²) in [6, 6.07) is 8.11. The van der Waals surface area contributed by atoms with Gasteiger partial charge in [0.25, 0.3) is 5.56 Å². The third-order valence-electron chi connectivity index (χ3n) is 3.59.